The zero-order chi connectivity index (χ0) is 12.3. The number of likely N-dealkylation sites (tertiary alicyclic amines) is 1. The third-order valence-corrected chi connectivity index (χ3v) is 2.76. The molecule has 2 rings (SSSR count). The molecule has 92 valence electrons. The van der Waals surface area contributed by atoms with Crippen LogP contribution in [0, 0.1) is 6.92 Å². The van der Waals surface area contributed by atoms with E-state index in [-0.39, 0.29) is 18.4 Å². The van der Waals surface area contributed by atoms with Crippen LogP contribution in [-0.2, 0) is 16.1 Å². The maximum atomic E-state index is 11.6. The normalized spacial score (nSPS) is 15.4. The third-order valence-electron chi connectivity index (χ3n) is 2.76. The molecule has 1 aliphatic heterocycles. The number of hydrogen-bond donors (Lipinski definition) is 1. The molecule has 1 aliphatic rings. The SMILES string of the molecule is Cc1ccc(CNC(=O)CN2CCCC2=O)o1. The molecule has 0 aliphatic carbocycles. The number of nitrogens with one attached hydrogen (secondary N) is 1. The highest BCUT2D eigenvalue weighted by Gasteiger charge is 2.22. The molecule has 17 heavy (non-hydrogen) atoms. The van der Waals surface area contributed by atoms with E-state index in [4.69, 9.17) is 4.42 Å². The summed E-state index contributed by atoms with van der Waals surface area (Å²) in [4.78, 5) is 24.5. The number of nitrogens with zero attached hydrogens (tertiary/aromatic N) is 1. The lowest BCUT2D eigenvalue weighted by Crippen LogP contribution is -2.37. The van der Waals surface area contributed by atoms with Crippen molar-refractivity contribution in [3.63, 3.8) is 0 Å². The van der Waals surface area contributed by atoms with E-state index in [0.717, 1.165) is 17.9 Å². The Labute approximate surface area is 99.8 Å². The van der Waals surface area contributed by atoms with E-state index in [1.165, 1.54) is 0 Å². The van der Waals surface area contributed by atoms with Gasteiger partial charge in [-0.2, -0.15) is 0 Å². The van der Waals surface area contributed by atoms with Crippen molar-refractivity contribution in [2.75, 3.05) is 13.1 Å². The molecular formula is C12H16N2O3. The molecule has 2 amide bonds. The fraction of sp³-hybridized carbons (Fsp3) is 0.500. The monoisotopic (exact) mass is 236 g/mol. The minimum Gasteiger partial charge on any atom is -0.465 e. The van der Waals surface area contributed by atoms with Gasteiger partial charge in [0.15, 0.2) is 0 Å². The van der Waals surface area contributed by atoms with Crippen LogP contribution in [-0.4, -0.2) is 29.8 Å². The second-order valence-corrected chi connectivity index (χ2v) is 4.21. The summed E-state index contributed by atoms with van der Waals surface area (Å²) in [5.41, 5.74) is 0. The molecule has 0 aromatic carbocycles. The molecule has 1 saturated heterocycles. The number of furan rings is 1. The largest absolute Gasteiger partial charge is 0.465 e. The number of aryl methyl sites for hydroxylation is 1. The third kappa shape index (κ3) is 3.09. The van der Waals surface area contributed by atoms with Gasteiger partial charge in [0.25, 0.3) is 0 Å². The van der Waals surface area contributed by atoms with Crippen LogP contribution in [0.15, 0.2) is 16.5 Å². The van der Waals surface area contributed by atoms with Gasteiger partial charge >= 0.3 is 0 Å². The van der Waals surface area contributed by atoms with Crippen LogP contribution in [0.5, 0.6) is 0 Å². The summed E-state index contributed by atoms with van der Waals surface area (Å²) in [5.74, 6) is 1.47. The minimum absolute atomic E-state index is 0.0639. The summed E-state index contributed by atoms with van der Waals surface area (Å²) >= 11 is 0. The topological polar surface area (TPSA) is 62.6 Å². The smallest absolute Gasteiger partial charge is 0.240 e. The number of carbonyl (C=O) groups excluding carboxylic acids is 2. The van der Waals surface area contributed by atoms with Crippen molar-refractivity contribution in [2.45, 2.75) is 26.3 Å². The molecular weight excluding hydrogens is 220 g/mol. The first-order valence-electron chi connectivity index (χ1n) is 5.75. The van der Waals surface area contributed by atoms with E-state index in [9.17, 15) is 9.59 Å². The Morgan fingerprint density at radius 3 is 2.94 bits per heavy atom. The molecule has 0 atom stereocenters. The van der Waals surface area contributed by atoms with E-state index < -0.39 is 0 Å². The van der Waals surface area contributed by atoms with Crippen molar-refractivity contribution in [1.29, 1.82) is 0 Å². The molecule has 2 heterocycles. The molecule has 0 unspecified atom stereocenters. The van der Waals surface area contributed by atoms with Crippen LogP contribution in [0.1, 0.15) is 24.4 Å². The van der Waals surface area contributed by atoms with Gasteiger partial charge in [0.1, 0.15) is 11.5 Å². The lowest BCUT2D eigenvalue weighted by atomic mass is 10.4. The van der Waals surface area contributed by atoms with E-state index >= 15 is 0 Å². The Morgan fingerprint density at radius 2 is 2.35 bits per heavy atom. The highest BCUT2D eigenvalue weighted by Crippen LogP contribution is 2.09. The minimum atomic E-state index is -0.144. The van der Waals surface area contributed by atoms with Gasteiger partial charge < -0.3 is 14.6 Å². The number of rotatable bonds is 4. The Balaban J connectivity index is 1.76. The molecule has 0 radical (unpaired) electrons. The van der Waals surface area contributed by atoms with E-state index in [2.05, 4.69) is 5.32 Å². The summed E-state index contributed by atoms with van der Waals surface area (Å²) in [6.07, 6.45) is 1.41. The second kappa shape index (κ2) is 5.03. The van der Waals surface area contributed by atoms with Crippen molar-refractivity contribution in [3.8, 4) is 0 Å². The Kier molecular flexibility index (Phi) is 3.46. The quantitative estimate of drug-likeness (QED) is 0.842. The predicted molar refractivity (Wildman–Crippen MR) is 61.1 cm³/mol. The molecule has 0 bridgehead atoms. The van der Waals surface area contributed by atoms with E-state index in [1.807, 2.05) is 19.1 Å². The van der Waals surface area contributed by atoms with Crippen molar-refractivity contribution in [2.24, 2.45) is 0 Å². The first-order valence-corrected chi connectivity index (χ1v) is 5.75. The molecule has 1 fully saturated rings. The van der Waals surface area contributed by atoms with Crippen molar-refractivity contribution >= 4 is 11.8 Å². The van der Waals surface area contributed by atoms with Crippen LogP contribution in [0.2, 0.25) is 0 Å². The summed E-state index contributed by atoms with van der Waals surface area (Å²) in [7, 11) is 0. The summed E-state index contributed by atoms with van der Waals surface area (Å²) in [5, 5.41) is 2.73. The number of hydrogen-bond acceptors (Lipinski definition) is 3. The highest BCUT2D eigenvalue weighted by atomic mass is 16.3. The first-order chi connectivity index (χ1) is 8.15. The van der Waals surface area contributed by atoms with Crippen LogP contribution in [0.4, 0.5) is 0 Å². The van der Waals surface area contributed by atoms with Gasteiger partial charge in [-0.15, -0.1) is 0 Å². The van der Waals surface area contributed by atoms with Gasteiger partial charge in [-0.25, -0.2) is 0 Å². The fourth-order valence-electron chi connectivity index (χ4n) is 1.87. The molecule has 0 saturated carbocycles. The van der Waals surface area contributed by atoms with Crippen LogP contribution in [0.3, 0.4) is 0 Å². The molecule has 5 nitrogen and oxygen atoms in total. The van der Waals surface area contributed by atoms with Gasteiger partial charge in [-0.3, -0.25) is 9.59 Å². The molecule has 0 spiro atoms. The fourth-order valence-corrected chi connectivity index (χ4v) is 1.87. The lowest BCUT2D eigenvalue weighted by molar-refractivity contribution is -0.133. The summed E-state index contributed by atoms with van der Waals surface area (Å²) < 4.78 is 5.33. The maximum absolute atomic E-state index is 11.6. The highest BCUT2D eigenvalue weighted by molar-refractivity contribution is 5.85. The van der Waals surface area contributed by atoms with Gasteiger partial charge in [-0.1, -0.05) is 0 Å². The average Bonchev–Trinajstić information content (AvgIpc) is 2.86. The van der Waals surface area contributed by atoms with E-state index in [0.29, 0.717) is 19.5 Å². The lowest BCUT2D eigenvalue weighted by Gasteiger charge is -2.14. The number of amides is 2. The Hall–Kier alpha value is -1.78. The predicted octanol–water partition coefficient (Wildman–Crippen LogP) is 0.827. The van der Waals surface area contributed by atoms with Crippen molar-refractivity contribution in [1.82, 2.24) is 10.2 Å². The van der Waals surface area contributed by atoms with Crippen molar-refractivity contribution in [3.05, 3.63) is 23.7 Å². The van der Waals surface area contributed by atoms with Crippen LogP contribution >= 0.6 is 0 Å². The molecule has 1 aromatic heterocycles. The molecule has 1 aromatic rings. The van der Waals surface area contributed by atoms with Gasteiger partial charge in [0, 0.05) is 13.0 Å². The van der Waals surface area contributed by atoms with E-state index in [1.54, 1.807) is 4.90 Å². The van der Waals surface area contributed by atoms with Crippen molar-refractivity contribution < 1.29 is 14.0 Å². The summed E-state index contributed by atoms with van der Waals surface area (Å²) in [6, 6.07) is 3.68. The Bertz CT molecular complexity index is 425. The first kappa shape index (κ1) is 11.7. The van der Waals surface area contributed by atoms with Crippen LogP contribution < -0.4 is 5.32 Å². The van der Waals surface area contributed by atoms with Gasteiger partial charge in [-0.05, 0) is 25.5 Å². The zero-order valence-electron chi connectivity index (χ0n) is 9.86. The number of carbonyl (C=O) groups is 2. The zero-order valence-corrected chi connectivity index (χ0v) is 9.86. The summed E-state index contributed by atoms with van der Waals surface area (Å²) in [6.45, 7) is 3.06. The van der Waals surface area contributed by atoms with Gasteiger partial charge in [0.05, 0.1) is 13.1 Å². The van der Waals surface area contributed by atoms with Gasteiger partial charge in [0.2, 0.25) is 11.8 Å². The average molecular weight is 236 g/mol. The Morgan fingerprint density at radius 1 is 1.53 bits per heavy atom. The second-order valence-electron chi connectivity index (χ2n) is 4.21. The standard InChI is InChI=1S/C12H16N2O3/c1-9-4-5-10(17-9)7-13-11(15)8-14-6-2-3-12(14)16/h4-5H,2-3,6-8H2,1H3,(H,13,15). The maximum Gasteiger partial charge on any atom is 0.240 e. The molecule has 5 heteroatoms. The van der Waals surface area contributed by atoms with Crippen LogP contribution in [0.25, 0.3) is 0 Å². The molecule has 1 N–H and O–H groups in total.